The van der Waals surface area contributed by atoms with Crippen LogP contribution in [0.3, 0.4) is 0 Å². The summed E-state index contributed by atoms with van der Waals surface area (Å²) < 4.78 is 32.0. The minimum Gasteiger partial charge on any atom is -0.497 e. The number of hydrogen-bond acceptors (Lipinski definition) is 5. The minimum absolute atomic E-state index is 0.0555. The number of nitrogens with one attached hydrogen (secondary N) is 1. The predicted molar refractivity (Wildman–Crippen MR) is 109 cm³/mol. The number of fused-ring (bicyclic) bond motifs is 1. The first-order valence-corrected chi connectivity index (χ1v) is 11.2. The van der Waals surface area contributed by atoms with Crippen molar-refractivity contribution in [3.8, 4) is 5.75 Å². The van der Waals surface area contributed by atoms with Crippen LogP contribution in [0.25, 0.3) is 0 Å². The summed E-state index contributed by atoms with van der Waals surface area (Å²) in [6, 6.07) is 14.6. The van der Waals surface area contributed by atoms with Gasteiger partial charge in [0.05, 0.1) is 23.8 Å². The van der Waals surface area contributed by atoms with E-state index in [0.717, 1.165) is 5.56 Å². The zero-order valence-corrected chi connectivity index (χ0v) is 17.4. The molecule has 0 amide bonds. The topological polar surface area (TPSA) is 72.5 Å². The van der Waals surface area contributed by atoms with E-state index in [-0.39, 0.29) is 28.9 Å². The molecule has 150 valence electrons. The predicted octanol–water partition coefficient (Wildman–Crippen LogP) is 3.68. The first kappa shape index (κ1) is 20.6. The van der Waals surface area contributed by atoms with Gasteiger partial charge in [-0.2, -0.15) is 0 Å². The van der Waals surface area contributed by atoms with Gasteiger partial charge in [0.15, 0.2) is 9.84 Å². The van der Waals surface area contributed by atoms with Gasteiger partial charge in [0.25, 0.3) is 0 Å². The zero-order chi connectivity index (χ0) is 20.4. The van der Waals surface area contributed by atoms with Gasteiger partial charge < -0.3 is 4.74 Å². The number of carbonyl (C=O) groups is 1. The van der Waals surface area contributed by atoms with Gasteiger partial charge in [-0.1, -0.05) is 50.2 Å². The minimum atomic E-state index is -3.62. The maximum atomic E-state index is 13.4. The molecule has 1 heterocycles. The Balaban J connectivity index is 2.22. The molecule has 0 aliphatic carbocycles. The number of ketones is 1. The molecule has 1 N–H and O–H groups in total. The summed E-state index contributed by atoms with van der Waals surface area (Å²) in [6.45, 7) is 3.75. The molecule has 1 aliphatic heterocycles. The molecule has 2 atom stereocenters. The lowest BCUT2D eigenvalue weighted by Crippen LogP contribution is -2.51. The Kier molecular flexibility index (Phi) is 5.91. The number of hydrogen-bond donors (Lipinski definition) is 1. The van der Waals surface area contributed by atoms with E-state index in [1.807, 2.05) is 50.2 Å². The summed E-state index contributed by atoms with van der Waals surface area (Å²) >= 11 is 0. The first-order valence-electron chi connectivity index (χ1n) is 9.59. The largest absolute Gasteiger partial charge is 0.497 e. The number of benzene rings is 2. The van der Waals surface area contributed by atoms with E-state index in [2.05, 4.69) is 5.32 Å². The van der Waals surface area contributed by atoms with Gasteiger partial charge >= 0.3 is 0 Å². The summed E-state index contributed by atoms with van der Waals surface area (Å²) in [5, 5.41) is 3.57. The number of ether oxygens (including phenoxy) is 1. The van der Waals surface area contributed by atoms with Crippen LogP contribution in [0.2, 0.25) is 0 Å². The molecule has 0 spiro atoms. The molecule has 6 heteroatoms. The molecule has 3 rings (SSSR count). The summed E-state index contributed by atoms with van der Waals surface area (Å²) in [5.74, 6) is 0.439. The Bertz CT molecular complexity index is 956. The van der Waals surface area contributed by atoms with Crippen LogP contribution in [0, 0.1) is 0 Å². The van der Waals surface area contributed by atoms with E-state index in [1.165, 1.54) is 7.11 Å². The van der Waals surface area contributed by atoms with Gasteiger partial charge in [0, 0.05) is 18.4 Å². The van der Waals surface area contributed by atoms with Crippen molar-refractivity contribution in [2.24, 2.45) is 0 Å². The maximum absolute atomic E-state index is 13.4. The van der Waals surface area contributed by atoms with Crippen molar-refractivity contribution in [2.45, 2.75) is 49.6 Å². The highest BCUT2D eigenvalue weighted by Crippen LogP contribution is 2.39. The van der Waals surface area contributed by atoms with E-state index in [4.69, 9.17) is 4.74 Å². The van der Waals surface area contributed by atoms with Crippen molar-refractivity contribution < 1.29 is 17.9 Å². The fraction of sp³-hybridized carbons (Fsp3) is 0.409. The lowest BCUT2D eigenvalue weighted by Gasteiger charge is -2.35. The normalized spacial score (nSPS) is 23.5. The molecule has 0 fully saturated rings. The highest BCUT2D eigenvalue weighted by atomic mass is 32.2. The van der Waals surface area contributed by atoms with Crippen molar-refractivity contribution in [2.75, 3.05) is 12.9 Å². The van der Waals surface area contributed by atoms with Gasteiger partial charge in [0.1, 0.15) is 11.5 Å². The number of sulfone groups is 1. The number of rotatable bonds is 6. The SMILES string of the molecule is CCC(=O)C[C@@]1(CC)CS(=O)(=O)c2cc(OC)ccc2[C@H](c2ccccc2)N1. The molecule has 28 heavy (non-hydrogen) atoms. The molecule has 0 aromatic heterocycles. The molecule has 0 saturated heterocycles. The molecule has 1 aliphatic rings. The second-order valence-electron chi connectivity index (χ2n) is 7.35. The molecule has 2 aromatic carbocycles. The van der Waals surface area contributed by atoms with Crippen molar-refractivity contribution in [3.05, 3.63) is 59.7 Å². The Labute approximate surface area is 167 Å². The van der Waals surface area contributed by atoms with Gasteiger partial charge in [-0.25, -0.2) is 8.42 Å². The third-order valence-electron chi connectivity index (χ3n) is 5.52. The zero-order valence-electron chi connectivity index (χ0n) is 16.6. The van der Waals surface area contributed by atoms with E-state index in [1.54, 1.807) is 12.1 Å². The second-order valence-corrected chi connectivity index (χ2v) is 9.31. The fourth-order valence-electron chi connectivity index (χ4n) is 3.86. The summed E-state index contributed by atoms with van der Waals surface area (Å²) in [6.07, 6.45) is 1.11. The standard InChI is InChI=1S/C22H27NO4S/c1-4-17(24)14-22(5-2)15-28(25,26)20-13-18(27-3)11-12-19(20)21(23-22)16-9-7-6-8-10-16/h6-13,21,23H,4-5,14-15H2,1-3H3/t21-,22-/m0/s1. The average Bonchev–Trinajstić information content (AvgIpc) is 2.80. The van der Waals surface area contributed by atoms with E-state index < -0.39 is 15.4 Å². The highest BCUT2D eigenvalue weighted by Gasteiger charge is 2.43. The molecule has 0 saturated carbocycles. The van der Waals surface area contributed by atoms with Crippen LogP contribution in [0.5, 0.6) is 5.75 Å². The van der Waals surface area contributed by atoms with Crippen LogP contribution in [0.1, 0.15) is 50.3 Å². The average molecular weight is 402 g/mol. The monoisotopic (exact) mass is 401 g/mol. The van der Waals surface area contributed by atoms with Crippen LogP contribution in [-0.4, -0.2) is 32.6 Å². The van der Waals surface area contributed by atoms with Crippen LogP contribution in [0.15, 0.2) is 53.4 Å². The maximum Gasteiger partial charge on any atom is 0.180 e. The quantitative estimate of drug-likeness (QED) is 0.799. The lowest BCUT2D eigenvalue weighted by atomic mass is 9.87. The molecular formula is C22H27NO4S. The van der Waals surface area contributed by atoms with E-state index in [0.29, 0.717) is 24.2 Å². The molecule has 0 radical (unpaired) electrons. The van der Waals surface area contributed by atoms with Gasteiger partial charge in [-0.15, -0.1) is 0 Å². The van der Waals surface area contributed by atoms with Crippen molar-refractivity contribution in [3.63, 3.8) is 0 Å². The summed E-state index contributed by atoms with van der Waals surface area (Å²) in [7, 11) is -2.10. The van der Waals surface area contributed by atoms with Crippen molar-refractivity contribution >= 4 is 15.6 Å². The summed E-state index contributed by atoms with van der Waals surface area (Å²) in [4.78, 5) is 12.6. The first-order chi connectivity index (χ1) is 13.3. The highest BCUT2D eigenvalue weighted by molar-refractivity contribution is 7.91. The molecule has 5 nitrogen and oxygen atoms in total. The Morgan fingerprint density at radius 1 is 1.18 bits per heavy atom. The van der Waals surface area contributed by atoms with Crippen LogP contribution in [-0.2, 0) is 14.6 Å². The van der Waals surface area contributed by atoms with Gasteiger partial charge in [0.2, 0.25) is 0 Å². The Hall–Kier alpha value is -2.18. The smallest absolute Gasteiger partial charge is 0.180 e. The van der Waals surface area contributed by atoms with E-state index in [9.17, 15) is 13.2 Å². The number of carbonyl (C=O) groups excluding carboxylic acids is 1. The van der Waals surface area contributed by atoms with Crippen molar-refractivity contribution in [1.29, 1.82) is 0 Å². The van der Waals surface area contributed by atoms with E-state index >= 15 is 0 Å². The third-order valence-corrected chi connectivity index (χ3v) is 7.48. The third kappa shape index (κ3) is 3.98. The van der Waals surface area contributed by atoms with Crippen LogP contribution >= 0.6 is 0 Å². The lowest BCUT2D eigenvalue weighted by molar-refractivity contribution is -0.120. The van der Waals surface area contributed by atoms with Crippen LogP contribution < -0.4 is 10.1 Å². The Morgan fingerprint density at radius 3 is 2.50 bits per heavy atom. The molecular weight excluding hydrogens is 374 g/mol. The van der Waals surface area contributed by atoms with Gasteiger partial charge in [-0.3, -0.25) is 10.1 Å². The van der Waals surface area contributed by atoms with Crippen molar-refractivity contribution in [1.82, 2.24) is 5.32 Å². The molecule has 0 unspecified atom stereocenters. The Morgan fingerprint density at radius 2 is 1.89 bits per heavy atom. The number of Topliss-reactive ketones (excluding diaryl/α,β-unsaturated/α-hetero) is 1. The van der Waals surface area contributed by atoms with Gasteiger partial charge in [-0.05, 0) is 29.7 Å². The molecule has 2 aromatic rings. The fourth-order valence-corrected chi connectivity index (χ4v) is 5.97. The second kappa shape index (κ2) is 8.05. The summed E-state index contributed by atoms with van der Waals surface area (Å²) in [5.41, 5.74) is 0.831. The molecule has 0 bridgehead atoms. The number of methoxy groups -OCH3 is 1. The van der Waals surface area contributed by atoms with Crippen LogP contribution in [0.4, 0.5) is 0 Å².